The number of aromatic nitrogens is 2. The Bertz CT molecular complexity index is 866. The van der Waals surface area contributed by atoms with Crippen LogP contribution in [0.1, 0.15) is 32.1 Å². The van der Waals surface area contributed by atoms with Crippen molar-refractivity contribution in [2.75, 3.05) is 18.1 Å². The van der Waals surface area contributed by atoms with E-state index in [4.69, 9.17) is 0 Å². The van der Waals surface area contributed by atoms with Gasteiger partial charge in [-0.15, -0.1) is 0 Å². The first-order chi connectivity index (χ1) is 11.5. The molecule has 2 bridgehead atoms. The highest BCUT2D eigenvalue weighted by molar-refractivity contribution is 7.90. The Morgan fingerprint density at radius 1 is 1.21 bits per heavy atom. The Morgan fingerprint density at radius 2 is 2.08 bits per heavy atom. The number of benzene rings is 1. The molecule has 2 saturated carbocycles. The first kappa shape index (κ1) is 15.8. The van der Waals surface area contributed by atoms with E-state index in [9.17, 15) is 8.42 Å². The molecule has 3 atom stereocenters. The van der Waals surface area contributed by atoms with Crippen LogP contribution < -0.4 is 5.32 Å². The molecule has 2 aliphatic carbocycles. The van der Waals surface area contributed by atoms with Crippen molar-refractivity contribution >= 4 is 26.6 Å². The molecule has 2 aromatic rings. The van der Waals surface area contributed by atoms with Crippen molar-refractivity contribution in [1.29, 1.82) is 0 Å². The molecule has 1 aromatic carbocycles. The van der Waals surface area contributed by atoms with E-state index in [1.165, 1.54) is 44.7 Å². The monoisotopic (exact) mass is 345 g/mol. The van der Waals surface area contributed by atoms with Crippen LogP contribution in [0.2, 0.25) is 0 Å². The summed E-state index contributed by atoms with van der Waals surface area (Å²) >= 11 is 0. The summed E-state index contributed by atoms with van der Waals surface area (Å²) in [6.07, 6.45) is 9.57. The third kappa shape index (κ3) is 2.99. The first-order valence-corrected chi connectivity index (χ1v) is 10.6. The molecule has 0 radical (unpaired) electrons. The minimum Gasteiger partial charge on any atom is -0.369 e. The maximum absolute atomic E-state index is 11.8. The Hall–Kier alpha value is -1.69. The van der Waals surface area contributed by atoms with Gasteiger partial charge in [0.1, 0.15) is 12.1 Å². The van der Waals surface area contributed by atoms with E-state index in [0.29, 0.717) is 4.90 Å². The van der Waals surface area contributed by atoms with Gasteiger partial charge < -0.3 is 5.32 Å². The largest absolute Gasteiger partial charge is 0.369 e. The zero-order valence-corrected chi connectivity index (χ0v) is 14.7. The van der Waals surface area contributed by atoms with Crippen molar-refractivity contribution in [2.24, 2.45) is 17.8 Å². The fraction of sp³-hybridized carbons (Fsp3) is 0.556. The van der Waals surface area contributed by atoms with Gasteiger partial charge in [0.2, 0.25) is 0 Å². The SMILES string of the molecule is CS(=O)(=O)c1ccc2ncnc(NCCC3CC4CCC3C4)c2c1. The fourth-order valence-corrected chi connectivity index (χ4v) is 5.16. The maximum Gasteiger partial charge on any atom is 0.175 e. The number of rotatable bonds is 5. The van der Waals surface area contributed by atoms with E-state index in [1.807, 2.05) is 0 Å². The van der Waals surface area contributed by atoms with E-state index >= 15 is 0 Å². The number of nitrogens with one attached hydrogen (secondary N) is 1. The van der Waals surface area contributed by atoms with Crippen LogP contribution in [0.4, 0.5) is 5.82 Å². The van der Waals surface area contributed by atoms with Crippen molar-refractivity contribution in [3.05, 3.63) is 24.5 Å². The van der Waals surface area contributed by atoms with Crippen molar-refractivity contribution < 1.29 is 8.42 Å². The van der Waals surface area contributed by atoms with E-state index in [2.05, 4.69) is 15.3 Å². The summed E-state index contributed by atoms with van der Waals surface area (Å²) in [5, 5.41) is 4.18. The summed E-state index contributed by atoms with van der Waals surface area (Å²) in [6.45, 7) is 0.878. The quantitative estimate of drug-likeness (QED) is 0.900. The normalized spacial score (nSPS) is 26.1. The lowest BCUT2D eigenvalue weighted by molar-refractivity contribution is 0.321. The Morgan fingerprint density at radius 3 is 2.79 bits per heavy atom. The molecule has 6 heteroatoms. The molecule has 24 heavy (non-hydrogen) atoms. The molecule has 3 unspecified atom stereocenters. The summed E-state index contributed by atoms with van der Waals surface area (Å²) in [5.74, 6) is 3.47. The van der Waals surface area contributed by atoms with Gasteiger partial charge in [-0.1, -0.05) is 6.42 Å². The van der Waals surface area contributed by atoms with Crippen molar-refractivity contribution in [3.63, 3.8) is 0 Å². The first-order valence-electron chi connectivity index (χ1n) is 8.69. The lowest BCUT2D eigenvalue weighted by Gasteiger charge is -2.21. The van der Waals surface area contributed by atoms with Gasteiger partial charge in [0.15, 0.2) is 9.84 Å². The molecular formula is C18H23N3O2S. The van der Waals surface area contributed by atoms with Crippen LogP contribution in [0.3, 0.4) is 0 Å². The van der Waals surface area contributed by atoms with Gasteiger partial charge in [-0.25, -0.2) is 18.4 Å². The van der Waals surface area contributed by atoms with Gasteiger partial charge in [0.05, 0.1) is 10.4 Å². The molecule has 2 fully saturated rings. The van der Waals surface area contributed by atoms with Crippen LogP contribution >= 0.6 is 0 Å². The number of anilines is 1. The van der Waals surface area contributed by atoms with E-state index in [0.717, 1.165) is 41.0 Å². The summed E-state index contributed by atoms with van der Waals surface area (Å²) in [4.78, 5) is 8.87. The molecule has 0 aliphatic heterocycles. The minimum atomic E-state index is -3.23. The summed E-state index contributed by atoms with van der Waals surface area (Å²) < 4.78 is 23.6. The van der Waals surface area contributed by atoms with Crippen LogP contribution in [-0.2, 0) is 9.84 Å². The average molecular weight is 345 g/mol. The highest BCUT2D eigenvalue weighted by Crippen LogP contribution is 2.49. The number of fused-ring (bicyclic) bond motifs is 3. The van der Waals surface area contributed by atoms with Gasteiger partial charge in [-0.2, -0.15) is 0 Å². The second kappa shape index (κ2) is 5.99. The number of nitrogens with zero attached hydrogens (tertiary/aromatic N) is 2. The Kier molecular flexibility index (Phi) is 3.95. The molecule has 1 heterocycles. The molecule has 2 aliphatic rings. The predicted octanol–water partition coefficient (Wildman–Crippen LogP) is 3.27. The van der Waals surface area contributed by atoms with Gasteiger partial charge in [0.25, 0.3) is 0 Å². The molecular weight excluding hydrogens is 322 g/mol. The van der Waals surface area contributed by atoms with E-state index < -0.39 is 9.84 Å². The average Bonchev–Trinajstić information content (AvgIpc) is 3.16. The van der Waals surface area contributed by atoms with Gasteiger partial charge in [-0.3, -0.25) is 0 Å². The lowest BCUT2D eigenvalue weighted by Crippen LogP contribution is -2.15. The van der Waals surface area contributed by atoms with Crippen LogP contribution in [-0.4, -0.2) is 31.2 Å². The molecule has 0 saturated heterocycles. The van der Waals surface area contributed by atoms with Crippen LogP contribution in [0.5, 0.6) is 0 Å². The molecule has 4 rings (SSSR count). The second-order valence-electron chi connectivity index (χ2n) is 7.32. The van der Waals surface area contributed by atoms with Crippen molar-refractivity contribution in [2.45, 2.75) is 37.0 Å². The van der Waals surface area contributed by atoms with Gasteiger partial charge in [0, 0.05) is 18.2 Å². The molecule has 5 nitrogen and oxygen atoms in total. The summed E-state index contributed by atoms with van der Waals surface area (Å²) in [5.41, 5.74) is 0.764. The van der Waals surface area contributed by atoms with Crippen molar-refractivity contribution in [1.82, 2.24) is 9.97 Å². The number of hydrogen-bond acceptors (Lipinski definition) is 5. The summed E-state index contributed by atoms with van der Waals surface area (Å²) in [7, 11) is -3.23. The zero-order valence-electron chi connectivity index (χ0n) is 13.9. The van der Waals surface area contributed by atoms with Gasteiger partial charge in [-0.05, 0) is 61.6 Å². The highest BCUT2D eigenvalue weighted by atomic mass is 32.2. The van der Waals surface area contributed by atoms with E-state index in [-0.39, 0.29) is 0 Å². The number of sulfone groups is 1. The van der Waals surface area contributed by atoms with Crippen molar-refractivity contribution in [3.8, 4) is 0 Å². The molecule has 1 aromatic heterocycles. The third-order valence-corrected chi connectivity index (χ3v) is 6.84. The molecule has 0 amide bonds. The third-order valence-electron chi connectivity index (χ3n) is 5.73. The Balaban J connectivity index is 1.51. The Labute approximate surface area is 142 Å². The predicted molar refractivity (Wildman–Crippen MR) is 94.7 cm³/mol. The standard InChI is InChI=1S/C18H23N3O2S/c1-24(22,23)15-4-5-17-16(10-15)18(21-11-20-17)19-7-6-14-9-12-2-3-13(14)8-12/h4-5,10-14H,2-3,6-9H2,1H3,(H,19,20,21). The fourth-order valence-electron chi connectivity index (χ4n) is 4.51. The molecule has 0 spiro atoms. The van der Waals surface area contributed by atoms with E-state index in [1.54, 1.807) is 18.2 Å². The second-order valence-corrected chi connectivity index (χ2v) is 9.34. The van der Waals surface area contributed by atoms with Crippen LogP contribution in [0.25, 0.3) is 10.9 Å². The number of hydrogen-bond donors (Lipinski definition) is 1. The van der Waals surface area contributed by atoms with Crippen LogP contribution in [0.15, 0.2) is 29.4 Å². The summed E-state index contributed by atoms with van der Waals surface area (Å²) in [6, 6.07) is 5.02. The highest BCUT2D eigenvalue weighted by Gasteiger charge is 2.38. The molecule has 1 N–H and O–H groups in total. The minimum absolute atomic E-state index is 0.306. The smallest absolute Gasteiger partial charge is 0.175 e. The van der Waals surface area contributed by atoms with Crippen LogP contribution in [0, 0.1) is 17.8 Å². The lowest BCUT2D eigenvalue weighted by atomic mass is 9.86. The topological polar surface area (TPSA) is 72.0 Å². The maximum atomic E-state index is 11.8. The molecule has 128 valence electrons. The zero-order chi connectivity index (χ0) is 16.7. The van der Waals surface area contributed by atoms with Gasteiger partial charge >= 0.3 is 0 Å².